The molecule has 0 spiro atoms. The summed E-state index contributed by atoms with van der Waals surface area (Å²) in [6.45, 7) is 4.18. The number of hydrogen-bond donors (Lipinski definition) is 0. The maximum absolute atomic E-state index is 12.1. The molecule has 1 amide bonds. The second kappa shape index (κ2) is 6.70. The highest BCUT2D eigenvalue weighted by Crippen LogP contribution is 2.13. The van der Waals surface area contributed by atoms with E-state index in [4.69, 9.17) is 4.74 Å². The van der Waals surface area contributed by atoms with Gasteiger partial charge in [-0.15, -0.1) is 0 Å². The number of carbonyl (C=O) groups is 1. The van der Waals surface area contributed by atoms with Crippen LogP contribution in [0.3, 0.4) is 0 Å². The van der Waals surface area contributed by atoms with Gasteiger partial charge in [0.05, 0.1) is 6.10 Å². The van der Waals surface area contributed by atoms with Gasteiger partial charge in [-0.25, -0.2) is 0 Å². The number of aryl methyl sites for hydroxylation is 2. The van der Waals surface area contributed by atoms with Gasteiger partial charge in [0.2, 0.25) is 5.91 Å². The van der Waals surface area contributed by atoms with Crippen molar-refractivity contribution in [1.29, 1.82) is 0 Å². The van der Waals surface area contributed by atoms with Crippen LogP contribution in [0, 0.1) is 6.92 Å². The van der Waals surface area contributed by atoms with E-state index in [-0.39, 0.29) is 12.0 Å². The molecule has 19 heavy (non-hydrogen) atoms. The van der Waals surface area contributed by atoms with Gasteiger partial charge in [-0.3, -0.25) is 9.48 Å². The predicted molar refractivity (Wildman–Crippen MR) is 72.8 cm³/mol. The van der Waals surface area contributed by atoms with Crippen molar-refractivity contribution >= 4 is 5.91 Å². The van der Waals surface area contributed by atoms with Gasteiger partial charge in [0, 0.05) is 45.1 Å². The highest BCUT2D eigenvalue weighted by Gasteiger charge is 2.18. The van der Waals surface area contributed by atoms with Crippen molar-refractivity contribution in [2.24, 2.45) is 0 Å². The average Bonchev–Trinajstić information content (AvgIpc) is 2.82. The lowest BCUT2D eigenvalue weighted by Gasteiger charge is -2.27. The highest BCUT2D eigenvalue weighted by molar-refractivity contribution is 5.75. The lowest BCUT2D eigenvalue weighted by atomic mass is 10.1. The van der Waals surface area contributed by atoms with E-state index in [1.165, 1.54) is 6.42 Å². The summed E-state index contributed by atoms with van der Waals surface area (Å²) >= 11 is 0. The minimum atomic E-state index is 0.157. The number of aromatic nitrogens is 2. The third kappa shape index (κ3) is 4.06. The van der Waals surface area contributed by atoms with E-state index in [1.54, 1.807) is 11.1 Å². The zero-order chi connectivity index (χ0) is 13.7. The number of likely N-dealkylation sites (N-methyl/N-ethyl adjacent to an activating group) is 1. The van der Waals surface area contributed by atoms with Crippen LogP contribution in [0.5, 0.6) is 0 Å². The smallest absolute Gasteiger partial charge is 0.224 e. The van der Waals surface area contributed by atoms with Crippen LogP contribution in [0.15, 0.2) is 12.3 Å². The monoisotopic (exact) mass is 265 g/mol. The van der Waals surface area contributed by atoms with Crippen LogP contribution in [-0.2, 0) is 16.1 Å². The molecule has 106 valence electrons. The standard InChI is InChI=1S/C14H23N3O2/c1-12-6-8-15-17(12)9-7-14(18)16(2)11-13-5-3-4-10-19-13/h6,8,13H,3-5,7,9-11H2,1-2H3/t13-/m0/s1. The Morgan fingerprint density at radius 2 is 2.42 bits per heavy atom. The molecule has 5 heteroatoms. The molecule has 0 saturated carbocycles. The fourth-order valence-corrected chi connectivity index (χ4v) is 2.38. The summed E-state index contributed by atoms with van der Waals surface area (Å²) in [6, 6.07) is 1.95. The van der Waals surface area contributed by atoms with Crippen molar-refractivity contribution in [3.63, 3.8) is 0 Å². The molecule has 0 aromatic carbocycles. The lowest BCUT2D eigenvalue weighted by molar-refractivity contribution is -0.132. The van der Waals surface area contributed by atoms with E-state index in [2.05, 4.69) is 5.10 Å². The molecule has 5 nitrogen and oxygen atoms in total. The molecule has 1 atom stereocenters. The maximum Gasteiger partial charge on any atom is 0.224 e. The molecule has 1 fully saturated rings. The Morgan fingerprint density at radius 3 is 3.05 bits per heavy atom. The Labute approximate surface area is 114 Å². The summed E-state index contributed by atoms with van der Waals surface area (Å²) in [5.41, 5.74) is 1.09. The van der Waals surface area contributed by atoms with Crippen LogP contribution >= 0.6 is 0 Å². The topological polar surface area (TPSA) is 47.4 Å². The predicted octanol–water partition coefficient (Wildman–Crippen LogP) is 1.61. The third-order valence-corrected chi connectivity index (χ3v) is 3.64. The Kier molecular flexibility index (Phi) is 4.96. The number of amides is 1. The van der Waals surface area contributed by atoms with Gasteiger partial charge in [0.25, 0.3) is 0 Å². The fourth-order valence-electron chi connectivity index (χ4n) is 2.38. The molecule has 1 saturated heterocycles. The largest absolute Gasteiger partial charge is 0.376 e. The van der Waals surface area contributed by atoms with Crippen LogP contribution in [0.25, 0.3) is 0 Å². The second-order valence-corrected chi connectivity index (χ2v) is 5.21. The van der Waals surface area contributed by atoms with Crippen LogP contribution in [0.1, 0.15) is 31.4 Å². The summed E-state index contributed by atoms with van der Waals surface area (Å²) in [7, 11) is 1.86. The Bertz CT molecular complexity index is 411. The second-order valence-electron chi connectivity index (χ2n) is 5.21. The molecule has 2 rings (SSSR count). The molecule has 1 aliphatic heterocycles. The fraction of sp³-hybridized carbons (Fsp3) is 0.714. The minimum Gasteiger partial charge on any atom is -0.376 e. The van der Waals surface area contributed by atoms with Crippen molar-refractivity contribution in [2.45, 2.75) is 45.3 Å². The molecule has 0 radical (unpaired) electrons. The molecule has 0 aliphatic carbocycles. The first kappa shape index (κ1) is 14.1. The van der Waals surface area contributed by atoms with E-state index in [1.807, 2.05) is 24.7 Å². The summed E-state index contributed by atoms with van der Waals surface area (Å²) < 4.78 is 7.52. The minimum absolute atomic E-state index is 0.157. The molecular formula is C14H23N3O2. The zero-order valence-corrected chi connectivity index (χ0v) is 11.8. The number of ether oxygens (including phenoxy) is 1. The van der Waals surface area contributed by atoms with E-state index >= 15 is 0 Å². The molecule has 0 N–H and O–H groups in total. The van der Waals surface area contributed by atoms with Crippen LogP contribution in [-0.4, -0.2) is 46.9 Å². The van der Waals surface area contributed by atoms with Gasteiger partial charge < -0.3 is 9.64 Å². The van der Waals surface area contributed by atoms with E-state index in [0.29, 0.717) is 19.5 Å². The Morgan fingerprint density at radius 1 is 1.58 bits per heavy atom. The van der Waals surface area contributed by atoms with Crippen molar-refractivity contribution in [1.82, 2.24) is 14.7 Å². The molecule has 1 aromatic heterocycles. The Hall–Kier alpha value is -1.36. The first-order valence-electron chi connectivity index (χ1n) is 7.01. The summed E-state index contributed by atoms with van der Waals surface area (Å²) in [5.74, 6) is 0.157. The van der Waals surface area contributed by atoms with Crippen LogP contribution in [0.4, 0.5) is 0 Å². The van der Waals surface area contributed by atoms with Gasteiger partial charge in [-0.2, -0.15) is 5.10 Å². The zero-order valence-electron chi connectivity index (χ0n) is 11.8. The van der Waals surface area contributed by atoms with Gasteiger partial charge in [0.15, 0.2) is 0 Å². The number of rotatable bonds is 5. The van der Waals surface area contributed by atoms with Crippen LogP contribution < -0.4 is 0 Å². The third-order valence-electron chi connectivity index (χ3n) is 3.64. The summed E-state index contributed by atoms with van der Waals surface area (Å²) in [4.78, 5) is 13.8. The molecule has 0 unspecified atom stereocenters. The van der Waals surface area contributed by atoms with Crippen molar-refractivity contribution < 1.29 is 9.53 Å². The normalized spacial score (nSPS) is 19.4. The van der Waals surface area contributed by atoms with Crippen molar-refractivity contribution in [3.05, 3.63) is 18.0 Å². The molecule has 1 aliphatic rings. The molecule has 2 heterocycles. The molecule has 1 aromatic rings. The van der Waals surface area contributed by atoms with E-state index in [0.717, 1.165) is 25.1 Å². The van der Waals surface area contributed by atoms with E-state index in [9.17, 15) is 4.79 Å². The van der Waals surface area contributed by atoms with Gasteiger partial charge in [0.1, 0.15) is 0 Å². The van der Waals surface area contributed by atoms with Crippen LogP contribution in [0.2, 0.25) is 0 Å². The van der Waals surface area contributed by atoms with Crippen molar-refractivity contribution in [2.75, 3.05) is 20.2 Å². The van der Waals surface area contributed by atoms with Gasteiger partial charge in [-0.1, -0.05) is 0 Å². The average molecular weight is 265 g/mol. The Balaban J connectivity index is 1.74. The summed E-state index contributed by atoms with van der Waals surface area (Å²) in [5, 5.41) is 4.18. The number of nitrogens with zero attached hydrogens (tertiary/aromatic N) is 3. The first-order valence-corrected chi connectivity index (χ1v) is 7.01. The first-order chi connectivity index (χ1) is 9.16. The summed E-state index contributed by atoms with van der Waals surface area (Å²) in [6.07, 6.45) is 5.89. The number of carbonyl (C=O) groups excluding carboxylic acids is 1. The van der Waals surface area contributed by atoms with Crippen molar-refractivity contribution in [3.8, 4) is 0 Å². The molecule has 0 bridgehead atoms. The maximum atomic E-state index is 12.1. The van der Waals surface area contributed by atoms with Gasteiger partial charge >= 0.3 is 0 Å². The highest BCUT2D eigenvalue weighted by atomic mass is 16.5. The number of hydrogen-bond acceptors (Lipinski definition) is 3. The lowest BCUT2D eigenvalue weighted by Crippen LogP contribution is -2.37. The SMILES string of the molecule is Cc1ccnn1CCC(=O)N(C)C[C@@H]1CCCCO1. The van der Waals surface area contributed by atoms with Gasteiger partial charge in [-0.05, 0) is 32.3 Å². The van der Waals surface area contributed by atoms with E-state index < -0.39 is 0 Å². The molecular weight excluding hydrogens is 242 g/mol. The quantitative estimate of drug-likeness (QED) is 0.812.